The third-order valence-electron chi connectivity index (χ3n) is 4.24. The number of amides is 1. The molecule has 0 aliphatic rings. The van der Waals surface area contributed by atoms with Crippen molar-refractivity contribution in [3.05, 3.63) is 99.0 Å². The summed E-state index contributed by atoms with van der Waals surface area (Å²) in [6.45, 7) is 2.19. The standard InChI is InChI=1S/C24H18Cl2N2O2/c1-16-5-4-7-20(11-16)28-24(29)19(14-27)13-18-6-2-3-8-23(18)30-15-17-9-10-21(25)22(26)12-17/h2-13H,15H2,1H3,(H,28,29)/b19-13+. The highest BCUT2D eigenvalue weighted by atomic mass is 35.5. The Morgan fingerprint density at radius 3 is 2.60 bits per heavy atom. The van der Waals surface area contributed by atoms with Gasteiger partial charge >= 0.3 is 0 Å². The van der Waals surface area contributed by atoms with Crippen molar-refractivity contribution in [1.82, 2.24) is 0 Å². The van der Waals surface area contributed by atoms with Crippen molar-refractivity contribution in [2.24, 2.45) is 0 Å². The second kappa shape index (κ2) is 9.98. The van der Waals surface area contributed by atoms with Gasteiger partial charge in [0.25, 0.3) is 5.91 Å². The zero-order valence-electron chi connectivity index (χ0n) is 16.2. The smallest absolute Gasteiger partial charge is 0.266 e. The van der Waals surface area contributed by atoms with Crippen molar-refractivity contribution in [1.29, 1.82) is 5.26 Å². The Kier molecular flexibility index (Phi) is 7.13. The van der Waals surface area contributed by atoms with Crippen LogP contribution < -0.4 is 10.1 Å². The molecule has 0 bridgehead atoms. The minimum Gasteiger partial charge on any atom is -0.488 e. The van der Waals surface area contributed by atoms with Crippen molar-refractivity contribution >= 4 is 40.9 Å². The maximum atomic E-state index is 12.5. The number of para-hydroxylation sites is 1. The molecule has 6 heteroatoms. The molecule has 3 aromatic rings. The van der Waals surface area contributed by atoms with Gasteiger partial charge in [0.2, 0.25) is 0 Å². The fraction of sp³-hybridized carbons (Fsp3) is 0.0833. The SMILES string of the molecule is Cc1cccc(NC(=O)/C(C#N)=C/c2ccccc2OCc2ccc(Cl)c(Cl)c2)c1. The summed E-state index contributed by atoms with van der Waals surface area (Å²) in [5.41, 5.74) is 3.08. The largest absolute Gasteiger partial charge is 0.488 e. The number of hydrogen-bond donors (Lipinski definition) is 1. The summed E-state index contributed by atoms with van der Waals surface area (Å²) in [4.78, 5) is 12.5. The van der Waals surface area contributed by atoms with Crippen LogP contribution in [0.5, 0.6) is 5.75 Å². The number of halogens is 2. The maximum Gasteiger partial charge on any atom is 0.266 e. The van der Waals surface area contributed by atoms with Gasteiger partial charge in [-0.15, -0.1) is 0 Å². The summed E-state index contributed by atoms with van der Waals surface area (Å²) in [6, 6.07) is 21.8. The molecule has 1 amide bonds. The summed E-state index contributed by atoms with van der Waals surface area (Å²) in [6.07, 6.45) is 1.51. The minimum absolute atomic E-state index is 0.0258. The lowest BCUT2D eigenvalue weighted by molar-refractivity contribution is -0.112. The second-order valence-electron chi connectivity index (χ2n) is 6.57. The van der Waals surface area contributed by atoms with Gasteiger partial charge in [0.05, 0.1) is 10.0 Å². The molecule has 150 valence electrons. The monoisotopic (exact) mass is 436 g/mol. The third-order valence-corrected chi connectivity index (χ3v) is 4.98. The molecule has 0 heterocycles. The Bertz CT molecular complexity index is 1150. The minimum atomic E-state index is -0.484. The van der Waals surface area contributed by atoms with Gasteiger partial charge in [-0.2, -0.15) is 5.26 Å². The number of nitriles is 1. The lowest BCUT2D eigenvalue weighted by atomic mass is 10.1. The van der Waals surface area contributed by atoms with Crippen LogP contribution in [0.2, 0.25) is 10.0 Å². The van der Waals surface area contributed by atoms with E-state index in [1.807, 2.05) is 49.4 Å². The van der Waals surface area contributed by atoms with Crippen LogP contribution in [0.25, 0.3) is 6.08 Å². The van der Waals surface area contributed by atoms with Crippen LogP contribution in [0.1, 0.15) is 16.7 Å². The molecule has 0 saturated carbocycles. The number of nitrogens with one attached hydrogen (secondary N) is 1. The van der Waals surface area contributed by atoms with Gasteiger partial charge in [0.15, 0.2) is 0 Å². The Morgan fingerprint density at radius 2 is 1.87 bits per heavy atom. The Morgan fingerprint density at radius 1 is 1.07 bits per heavy atom. The number of carbonyl (C=O) groups excluding carboxylic acids is 1. The molecular formula is C24H18Cl2N2O2. The molecule has 0 spiro atoms. The van der Waals surface area contributed by atoms with Crippen molar-refractivity contribution in [3.8, 4) is 11.8 Å². The number of carbonyl (C=O) groups is 1. The normalized spacial score (nSPS) is 10.9. The van der Waals surface area contributed by atoms with Crippen molar-refractivity contribution in [2.75, 3.05) is 5.32 Å². The van der Waals surface area contributed by atoms with E-state index in [0.717, 1.165) is 11.1 Å². The highest BCUT2D eigenvalue weighted by Gasteiger charge is 2.12. The Hall–Kier alpha value is -3.26. The van der Waals surface area contributed by atoms with E-state index in [4.69, 9.17) is 27.9 Å². The fourth-order valence-electron chi connectivity index (χ4n) is 2.75. The van der Waals surface area contributed by atoms with E-state index in [2.05, 4.69) is 5.32 Å². The van der Waals surface area contributed by atoms with Gasteiger partial charge in [-0.1, -0.05) is 59.6 Å². The van der Waals surface area contributed by atoms with Gasteiger partial charge < -0.3 is 10.1 Å². The lowest BCUT2D eigenvalue weighted by Gasteiger charge is -2.10. The molecular weight excluding hydrogens is 419 g/mol. The first-order chi connectivity index (χ1) is 14.5. The third kappa shape index (κ3) is 5.64. The van der Waals surface area contributed by atoms with Crippen molar-refractivity contribution < 1.29 is 9.53 Å². The summed E-state index contributed by atoms with van der Waals surface area (Å²) in [5, 5.41) is 13.2. The molecule has 0 unspecified atom stereocenters. The number of hydrogen-bond acceptors (Lipinski definition) is 3. The predicted molar refractivity (Wildman–Crippen MR) is 121 cm³/mol. The van der Waals surface area contributed by atoms with Crippen LogP contribution in [-0.2, 0) is 11.4 Å². The molecule has 0 radical (unpaired) electrons. The summed E-state index contributed by atoms with van der Waals surface area (Å²) in [5.74, 6) is 0.0575. The van der Waals surface area contributed by atoms with E-state index in [1.165, 1.54) is 6.08 Å². The van der Waals surface area contributed by atoms with Gasteiger partial charge in [-0.25, -0.2) is 0 Å². The van der Waals surface area contributed by atoms with Crippen LogP contribution in [0, 0.1) is 18.3 Å². The Labute approximate surface area is 185 Å². The van der Waals surface area contributed by atoms with E-state index in [-0.39, 0.29) is 12.2 Å². The number of ether oxygens (including phenoxy) is 1. The summed E-state index contributed by atoms with van der Waals surface area (Å²) < 4.78 is 5.89. The van der Waals surface area contributed by atoms with Crippen LogP contribution in [0.4, 0.5) is 5.69 Å². The molecule has 1 N–H and O–H groups in total. The number of rotatable bonds is 6. The molecule has 0 fully saturated rings. The number of benzene rings is 3. The zero-order chi connectivity index (χ0) is 21.5. The van der Waals surface area contributed by atoms with E-state index >= 15 is 0 Å². The molecule has 30 heavy (non-hydrogen) atoms. The topological polar surface area (TPSA) is 62.1 Å². The van der Waals surface area contributed by atoms with Crippen LogP contribution >= 0.6 is 23.2 Å². The molecule has 3 rings (SSSR count). The molecule has 0 aliphatic carbocycles. The van der Waals surface area contributed by atoms with Gasteiger partial charge in [0.1, 0.15) is 24.0 Å². The predicted octanol–water partition coefficient (Wildman–Crippen LogP) is 6.43. The average molecular weight is 437 g/mol. The quantitative estimate of drug-likeness (QED) is 0.357. The fourth-order valence-corrected chi connectivity index (χ4v) is 3.07. The number of nitrogens with zero attached hydrogens (tertiary/aromatic N) is 1. The first-order valence-corrected chi connectivity index (χ1v) is 9.87. The average Bonchev–Trinajstić information content (AvgIpc) is 2.73. The van der Waals surface area contributed by atoms with E-state index in [1.54, 1.807) is 30.3 Å². The zero-order valence-corrected chi connectivity index (χ0v) is 17.7. The van der Waals surface area contributed by atoms with Gasteiger partial charge in [-0.05, 0) is 54.5 Å². The molecule has 0 saturated heterocycles. The maximum absolute atomic E-state index is 12.5. The summed E-state index contributed by atoms with van der Waals surface area (Å²) >= 11 is 12.0. The molecule has 4 nitrogen and oxygen atoms in total. The first kappa shape index (κ1) is 21.4. The molecule has 3 aromatic carbocycles. The first-order valence-electron chi connectivity index (χ1n) is 9.12. The van der Waals surface area contributed by atoms with E-state index in [0.29, 0.717) is 27.0 Å². The van der Waals surface area contributed by atoms with Gasteiger partial charge in [0, 0.05) is 11.3 Å². The van der Waals surface area contributed by atoms with Gasteiger partial charge in [-0.3, -0.25) is 4.79 Å². The highest BCUT2D eigenvalue weighted by Crippen LogP contribution is 2.25. The van der Waals surface area contributed by atoms with Crippen molar-refractivity contribution in [3.63, 3.8) is 0 Å². The van der Waals surface area contributed by atoms with Crippen LogP contribution in [-0.4, -0.2) is 5.91 Å². The second-order valence-corrected chi connectivity index (χ2v) is 7.38. The van der Waals surface area contributed by atoms with Crippen molar-refractivity contribution in [2.45, 2.75) is 13.5 Å². The molecule has 0 atom stereocenters. The Balaban J connectivity index is 1.78. The number of aryl methyl sites for hydroxylation is 1. The molecule has 0 aliphatic heterocycles. The van der Waals surface area contributed by atoms with E-state index in [9.17, 15) is 10.1 Å². The lowest BCUT2D eigenvalue weighted by Crippen LogP contribution is -2.13. The summed E-state index contributed by atoms with van der Waals surface area (Å²) in [7, 11) is 0. The van der Waals surface area contributed by atoms with Crippen LogP contribution in [0.3, 0.4) is 0 Å². The van der Waals surface area contributed by atoms with E-state index < -0.39 is 5.91 Å². The van der Waals surface area contributed by atoms with Crippen LogP contribution in [0.15, 0.2) is 72.3 Å². The highest BCUT2D eigenvalue weighted by molar-refractivity contribution is 6.42. The molecule has 0 aromatic heterocycles. The number of anilines is 1.